The van der Waals surface area contributed by atoms with Crippen molar-refractivity contribution in [1.82, 2.24) is 19.1 Å². The minimum atomic E-state index is 0.140. The maximum absolute atomic E-state index is 12.8. The maximum atomic E-state index is 12.8. The highest BCUT2D eigenvalue weighted by Crippen LogP contribution is 2.41. The molecule has 2 atom stereocenters. The van der Waals surface area contributed by atoms with E-state index in [1.165, 1.54) is 29.2 Å². The smallest absolute Gasteiger partial charge is 0.266 e. The second-order valence-electron chi connectivity index (χ2n) is 8.97. The Balaban J connectivity index is 1.58. The van der Waals surface area contributed by atoms with Crippen molar-refractivity contribution in [2.75, 3.05) is 26.8 Å². The van der Waals surface area contributed by atoms with Gasteiger partial charge in [-0.3, -0.25) is 4.79 Å². The fourth-order valence-electron chi connectivity index (χ4n) is 4.40. The highest BCUT2D eigenvalue weighted by Gasteiger charge is 2.40. The molecule has 2 bridgehead atoms. The third-order valence-corrected chi connectivity index (χ3v) is 6.12. The van der Waals surface area contributed by atoms with Crippen molar-refractivity contribution in [2.24, 2.45) is 11.3 Å². The van der Waals surface area contributed by atoms with E-state index in [4.69, 9.17) is 0 Å². The molecule has 0 N–H and O–H groups in total. The van der Waals surface area contributed by atoms with Crippen LogP contribution < -0.4 is 0 Å². The Morgan fingerprint density at radius 2 is 2.15 bits per heavy atom. The number of hydrogen-bond donors (Lipinski definition) is 0. The van der Waals surface area contributed by atoms with Gasteiger partial charge in [0.15, 0.2) is 0 Å². The fourth-order valence-corrected chi connectivity index (χ4v) is 4.95. The van der Waals surface area contributed by atoms with E-state index >= 15 is 0 Å². The Hall–Kier alpha value is -1.82. The topological polar surface area (TPSA) is 39.7 Å². The van der Waals surface area contributed by atoms with Gasteiger partial charge in [0, 0.05) is 38.5 Å². The molecule has 1 aromatic heterocycles. The van der Waals surface area contributed by atoms with Crippen LogP contribution in [-0.4, -0.2) is 57.8 Å². The molecule has 6 heteroatoms. The van der Waals surface area contributed by atoms with E-state index in [0.717, 1.165) is 31.1 Å². The molecule has 0 aromatic carbocycles. The Labute approximate surface area is 160 Å². The standard InChI is InChI=1S/C20H28N4OS/c1-20(2,3)12-23-13-22(4)11-17(23)16-9-15-6-5-14(16)10-24(15)19(25)18-7-8-21-26-18/h7-9,11,14-15H,5-6,10,12-13H2,1-4H3. The summed E-state index contributed by atoms with van der Waals surface area (Å²) in [5.74, 6) is 0.582. The molecule has 140 valence electrons. The zero-order chi connectivity index (χ0) is 18.5. The second kappa shape index (κ2) is 6.41. The number of allylic oxidation sites excluding steroid dienone is 1. The lowest BCUT2D eigenvalue weighted by Gasteiger charge is -2.45. The third kappa shape index (κ3) is 3.27. The van der Waals surface area contributed by atoms with E-state index in [1.807, 2.05) is 6.07 Å². The van der Waals surface area contributed by atoms with Crippen LogP contribution in [0.2, 0.25) is 0 Å². The average Bonchev–Trinajstić information content (AvgIpc) is 3.23. The molecular weight excluding hydrogens is 344 g/mol. The van der Waals surface area contributed by atoms with Gasteiger partial charge in [0.1, 0.15) is 4.88 Å². The molecule has 0 radical (unpaired) electrons. The lowest BCUT2D eigenvalue weighted by molar-refractivity contribution is 0.0589. The molecule has 4 aliphatic rings. The molecule has 4 heterocycles. The Kier molecular flexibility index (Phi) is 4.34. The number of hydrogen-bond acceptors (Lipinski definition) is 5. The monoisotopic (exact) mass is 372 g/mol. The fraction of sp³-hybridized carbons (Fsp3) is 0.600. The van der Waals surface area contributed by atoms with Crippen molar-refractivity contribution in [3.8, 4) is 0 Å². The number of nitrogens with zero attached hydrogens (tertiary/aromatic N) is 4. The lowest BCUT2D eigenvalue weighted by Crippen LogP contribution is -2.50. The van der Waals surface area contributed by atoms with Crippen LogP contribution in [0.5, 0.6) is 0 Å². The summed E-state index contributed by atoms with van der Waals surface area (Å²) in [4.78, 5) is 20.4. The van der Waals surface area contributed by atoms with Crippen LogP contribution in [-0.2, 0) is 0 Å². The number of piperidine rings is 1. The number of carbonyl (C=O) groups is 1. The van der Waals surface area contributed by atoms with Crippen molar-refractivity contribution >= 4 is 17.4 Å². The summed E-state index contributed by atoms with van der Waals surface area (Å²) >= 11 is 1.30. The van der Waals surface area contributed by atoms with E-state index in [-0.39, 0.29) is 17.4 Å². The predicted molar refractivity (Wildman–Crippen MR) is 105 cm³/mol. The van der Waals surface area contributed by atoms with Gasteiger partial charge in [0.25, 0.3) is 5.91 Å². The number of amides is 1. The van der Waals surface area contributed by atoms with Gasteiger partial charge in [-0.25, -0.2) is 4.37 Å². The van der Waals surface area contributed by atoms with Gasteiger partial charge in [-0.15, -0.1) is 0 Å². The summed E-state index contributed by atoms with van der Waals surface area (Å²) < 4.78 is 4.09. The average molecular weight is 373 g/mol. The SMILES string of the molecule is CN1C=C(C2=CC3CCC2CN3C(=O)c2ccns2)N(CC(C)(C)C)C1. The van der Waals surface area contributed by atoms with Crippen LogP contribution in [0.3, 0.4) is 0 Å². The molecule has 1 aliphatic carbocycles. The normalized spacial score (nSPS) is 25.6. The zero-order valence-corrected chi connectivity index (χ0v) is 16.9. The van der Waals surface area contributed by atoms with Gasteiger partial charge in [-0.1, -0.05) is 26.8 Å². The summed E-state index contributed by atoms with van der Waals surface area (Å²) in [6, 6.07) is 2.05. The molecule has 0 spiro atoms. The number of carbonyl (C=O) groups excluding carboxylic acids is 1. The first-order valence-electron chi connectivity index (χ1n) is 9.42. The quantitative estimate of drug-likeness (QED) is 0.815. The van der Waals surface area contributed by atoms with Gasteiger partial charge < -0.3 is 14.7 Å². The van der Waals surface area contributed by atoms with Crippen LogP contribution in [0.4, 0.5) is 0 Å². The first-order chi connectivity index (χ1) is 12.3. The molecule has 3 aliphatic heterocycles. The molecule has 1 aromatic rings. The van der Waals surface area contributed by atoms with Gasteiger partial charge in [-0.05, 0) is 41.4 Å². The van der Waals surface area contributed by atoms with Gasteiger partial charge in [0.05, 0.1) is 18.4 Å². The van der Waals surface area contributed by atoms with E-state index < -0.39 is 0 Å². The highest BCUT2D eigenvalue weighted by atomic mass is 32.1. The summed E-state index contributed by atoms with van der Waals surface area (Å²) in [7, 11) is 2.14. The Morgan fingerprint density at radius 1 is 1.35 bits per heavy atom. The first kappa shape index (κ1) is 17.6. The zero-order valence-electron chi connectivity index (χ0n) is 16.1. The Bertz CT molecular complexity index is 746. The lowest BCUT2D eigenvalue weighted by atomic mass is 9.78. The van der Waals surface area contributed by atoms with Crippen molar-refractivity contribution in [3.05, 3.63) is 40.7 Å². The molecule has 1 amide bonds. The van der Waals surface area contributed by atoms with Crippen LogP contribution in [0.15, 0.2) is 35.8 Å². The summed E-state index contributed by atoms with van der Waals surface area (Å²) in [6.45, 7) is 9.70. The summed E-state index contributed by atoms with van der Waals surface area (Å²) in [5, 5.41) is 0. The van der Waals surface area contributed by atoms with Crippen LogP contribution in [0, 0.1) is 11.3 Å². The van der Waals surface area contributed by atoms with E-state index in [9.17, 15) is 4.79 Å². The minimum Gasteiger partial charge on any atom is -0.361 e. The molecule has 26 heavy (non-hydrogen) atoms. The second-order valence-corrected chi connectivity index (χ2v) is 9.80. The van der Waals surface area contributed by atoms with E-state index in [0.29, 0.717) is 5.92 Å². The third-order valence-electron chi connectivity index (χ3n) is 5.39. The molecule has 1 fully saturated rings. The van der Waals surface area contributed by atoms with E-state index in [1.54, 1.807) is 6.20 Å². The molecule has 2 unspecified atom stereocenters. The molecule has 5 rings (SSSR count). The summed E-state index contributed by atoms with van der Waals surface area (Å²) in [6.07, 6.45) is 8.60. The van der Waals surface area contributed by atoms with Crippen LogP contribution in [0.1, 0.15) is 43.3 Å². The number of rotatable bonds is 3. The minimum absolute atomic E-state index is 0.140. The van der Waals surface area contributed by atoms with Crippen molar-refractivity contribution in [3.63, 3.8) is 0 Å². The predicted octanol–water partition coefficient (Wildman–Crippen LogP) is 3.40. The summed E-state index contributed by atoms with van der Waals surface area (Å²) in [5.41, 5.74) is 3.07. The molecule has 0 saturated carbocycles. The van der Waals surface area contributed by atoms with Crippen LogP contribution >= 0.6 is 11.5 Å². The van der Waals surface area contributed by atoms with Gasteiger partial charge in [-0.2, -0.15) is 0 Å². The van der Waals surface area contributed by atoms with Crippen molar-refractivity contribution < 1.29 is 4.79 Å². The molecular formula is C20H28N4OS. The largest absolute Gasteiger partial charge is 0.361 e. The van der Waals surface area contributed by atoms with Crippen molar-refractivity contribution in [2.45, 2.75) is 39.7 Å². The van der Waals surface area contributed by atoms with Crippen LogP contribution in [0.25, 0.3) is 0 Å². The number of fused-ring (bicyclic) bond motifs is 2. The molecule has 5 nitrogen and oxygen atoms in total. The van der Waals surface area contributed by atoms with E-state index in [2.05, 4.69) is 59.2 Å². The Morgan fingerprint density at radius 3 is 2.77 bits per heavy atom. The van der Waals surface area contributed by atoms with Gasteiger partial charge in [0.2, 0.25) is 0 Å². The maximum Gasteiger partial charge on any atom is 0.266 e. The molecule has 1 saturated heterocycles. The van der Waals surface area contributed by atoms with Gasteiger partial charge >= 0.3 is 0 Å². The van der Waals surface area contributed by atoms with Crippen molar-refractivity contribution in [1.29, 1.82) is 0 Å². The first-order valence-corrected chi connectivity index (χ1v) is 10.2. The number of aromatic nitrogens is 1. The highest BCUT2D eigenvalue weighted by molar-refractivity contribution is 7.08.